The molecule has 132 valence electrons. The van der Waals surface area contributed by atoms with Gasteiger partial charge in [-0.15, -0.1) is 6.42 Å². The van der Waals surface area contributed by atoms with Crippen LogP contribution in [-0.2, 0) is 11.8 Å². The van der Waals surface area contributed by atoms with Crippen LogP contribution in [-0.4, -0.2) is 72.1 Å². The molecular formula is C17H27N5O2. The molecule has 0 radical (unpaired) electrons. The first-order valence-corrected chi connectivity index (χ1v) is 8.24. The molecule has 1 saturated heterocycles. The molecule has 1 aromatic rings. The lowest BCUT2D eigenvalue weighted by Gasteiger charge is -2.27. The molecule has 2 rings (SSSR count). The number of likely N-dealkylation sites (N-methyl/N-ethyl adjacent to an activating group) is 1. The number of carbonyl (C=O) groups is 1. The number of terminal acetylenes is 1. The summed E-state index contributed by atoms with van der Waals surface area (Å²) < 4.78 is 7.37. The first-order valence-electron chi connectivity index (χ1n) is 8.24. The van der Waals surface area contributed by atoms with Gasteiger partial charge in [-0.3, -0.25) is 4.68 Å². The van der Waals surface area contributed by atoms with Crippen LogP contribution in [0.2, 0.25) is 0 Å². The molecule has 0 aliphatic carbocycles. The second kappa shape index (κ2) is 8.71. The van der Waals surface area contributed by atoms with Gasteiger partial charge in [-0.05, 0) is 26.9 Å². The predicted molar refractivity (Wildman–Crippen MR) is 92.4 cm³/mol. The zero-order chi connectivity index (χ0) is 17.5. The van der Waals surface area contributed by atoms with Crippen LogP contribution in [0.5, 0.6) is 0 Å². The molecule has 7 nitrogen and oxygen atoms in total. The van der Waals surface area contributed by atoms with Gasteiger partial charge in [0.15, 0.2) is 0 Å². The van der Waals surface area contributed by atoms with E-state index in [2.05, 4.69) is 21.2 Å². The second-order valence-electron chi connectivity index (χ2n) is 6.33. The number of aryl methyl sites for hydroxylation is 1. The fourth-order valence-electron chi connectivity index (χ4n) is 2.87. The summed E-state index contributed by atoms with van der Waals surface area (Å²) in [7, 11) is 5.84. The zero-order valence-corrected chi connectivity index (χ0v) is 14.7. The third-order valence-electron chi connectivity index (χ3n) is 4.20. The van der Waals surface area contributed by atoms with Gasteiger partial charge in [-0.25, -0.2) is 4.79 Å². The highest BCUT2D eigenvalue weighted by Gasteiger charge is 2.23. The fraction of sp³-hybridized carbons (Fsp3) is 0.647. The molecule has 2 amide bonds. The maximum absolute atomic E-state index is 12.5. The Morgan fingerprint density at radius 3 is 2.96 bits per heavy atom. The minimum Gasteiger partial charge on any atom is -0.376 e. The smallest absolute Gasteiger partial charge is 0.318 e. The third kappa shape index (κ3) is 4.98. The quantitative estimate of drug-likeness (QED) is 0.752. The summed E-state index contributed by atoms with van der Waals surface area (Å²) in [5, 5.41) is 7.19. The molecule has 0 spiro atoms. The van der Waals surface area contributed by atoms with Gasteiger partial charge in [0.2, 0.25) is 0 Å². The van der Waals surface area contributed by atoms with E-state index in [1.54, 1.807) is 9.58 Å². The van der Waals surface area contributed by atoms with Crippen LogP contribution in [0.3, 0.4) is 0 Å². The lowest BCUT2D eigenvalue weighted by atomic mass is 10.1. The number of ether oxygens (including phenoxy) is 1. The van der Waals surface area contributed by atoms with E-state index < -0.39 is 0 Å². The van der Waals surface area contributed by atoms with Crippen molar-refractivity contribution < 1.29 is 9.53 Å². The van der Waals surface area contributed by atoms with Crippen LogP contribution >= 0.6 is 0 Å². The second-order valence-corrected chi connectivity index (χ2v) is 6.33. The maximum Gasteiger partial charge on any atom is 0.318 e. The van der Waals surface area contributed by atoms with Gasteiger partial charge in [-0.1, -0.05) is 5.92 Å². The summed E-state index contributed by atoms with van der Waals surface area (Å²) in [6.07, 6.45) is 11.3. The summed E-state index contributed by atoms with van der Waals surface area (Å²) in [6, 6.07) is -0.0998. The Bertz CT molecular complexity index is 572. The highest BCUT2D eigenvalue weighted by atomic mass is 16.5. The summed E-state index contributed by atoms with van der Waals surface area (Å²) >= 11 is 0. The van der Waals surface area contributed by atoms with Gasteiger partial charge in [0.05, 0.1) is 24.9 Å². The molecule has 24 heavy (non-hydrogen) atoms. The topological polar surface area (TPSA) is 62.6 Å². The van der Waals surface area contributed by atoms with Crippen molar-refractivity contribution in [3.05, 3.63) is 18.0 Å². The Morgan fingerprint density at radius 1 is 1.62 bits per heavy atom. The largest absolute Gasteiger partial charge is 0.376 e. The lowest BCUT2D eigenvalue weighted by Crippen LogP contribution is -2.46. The summed E-state index contributed by atoms with van der Waals surface area (Å²) in [5.74, 6) is 2.55. The van der Waals surface area contributed by atoms with Gasteiger partial charge < -0.3 is 19.9 Å². The van der Waals surface area contributed by atoms with Crippen LogP contribution in [0.4, 0.5) is 4.79 Å². The highest BCUT2D eigenvalue weighted by Crippen LogP contribution is 2.17. The molecule has 7 heteroatoms. The maximum atomic E-state index is 12.5. The molecule has 1 aliphatic heterocycles. The Labute approximate surface area is 143 Å². The fourth-order valence-corrected chi connectivity index (χ4v) is 2.87. The minimum atomic E-state index is -0.154. The number of nitrogens with zero attached hydrogens (tertiary/aromatic N) is 4. The molecule has 2 atom stereocenters. The molecule has 0 unspecified atom stereocenters. The first-order chi connectivity index (χ1) is 11.5. The van der Waals surface area contributed by atoms with Crippen LogP contribution in [0.25, 0.3) is 0 Å². The van der Waals surface area contributed by atoms with E-state index in [1.165, 1.54) is 0 Å². The van der Waals surface area contributed by atoms with Crippen molar-refractivity contribution in [3.8, 4) is 12.3 Å². The van der Waals surface area contributed by atoms with Crippen molar-refractivity contribution in [2.45, 2.75) is 25.0 Å². The average Bonchev–Trinajstić information content (AvgIpc) is 3.18. The van der Waals surface area contributed by atoms with E-state index in [9.17, 15) is 4.79 Å². The van der Waals surface area contributed by atoms with E-state index in [4.69, 9.17) is 11.2 Å². The van der Waals surface area contributed by atoms with Crippen LogP contribution < -0.4 is 5.32 Å². The number of rotatable bonds is 7. The van der Waals surface area contributed by atoms with Crippen molar-refractivity contribution in [1.29, 1.82) is 0 Å². The normalized spacial score (nSPS) is 18.4. The predicted octanol–water partition coefficient (Wildman–Crippen LogP) is 0.847. The molecule has 0 aromatic carbocycles. The zero-order valence-electron chi connectivity index (χ0n) is 14.7. The van der Waals surface area contributed by atoms with E-state index in [0.29, 0.717) is 13.1 Å². The Balaban J connectivity index is 1.93. The van der Waals surface area contributed by atoms with E-state index >= 15 is 0 Å². The van der Waals surface area contributed by atoms with Gasteiger partial charge >= 0.3 is 6.03 Å². The molecular weight excluding hydrogens is 306 g/mol. The van der Waals surface area contributed by atoms with E-state index in [1.807, 2.05) is 33.5 Å². The standard InChI is InChI=1S/C17H27N5O2/c1-5-8-22(13-15-7-6-9-24-15)17(23)18-11-16(20(2)3)14-10-19-21(4)12-14/h1,10,12,15-16H,6-9,11,13H2,2-4H3,(H,18,23)/t15-,16+/m0/s1. The summed E-state index contributed by atoms with van der Waals surface area (Å²) in [6.45, 7) is 2.07. The number of amides is 2. The number of hydrogen-bond acceptors (Lipinski definition) is 4. The monoisotopic (exact) mass is 333 g/mol. The summed E-state index contributed by atoms with van der Waals surface area (Å²) in [5.41, 5.74) is 1.06. The van der Waals surface area contributed by atoms with Gasteiger partial charge in [0.25, 0.3) is 0 Å². The third-order valence-corrected chi connectivity index (χ3v) is 4.20. The number of hydrogen-bond donors (Lipinski definition) is 1. The number of aromatic nitrogens is 2. The Hall–Kier alpha value is -2.04. The van der Waals surface area contributed by atoms with Crippen molar-refractivity contribution in [3.63, 3.8) is 0 Å². The first kappa shape index (κ1) is 18.3. The molecule has 1 fully saturated rings. The van der Waals surface area contributed by atoms with Crippen LogP contribution in [0.1, 0.15) is 24.4 Å². The number of carbonyl (C=O) groups excluding carboxylic acids is 1. The van der Waals surface area contributed by atoms with Crippen molar-refractivity contribution >= 4 is 6.03 Å². The Morgan fingerprint density at radius 2 is 2.42 bits per heavy atom. The van der Waals surface area contributed by atoms with Crippen LogP contribution in [0, 0.1) is 12.3 Å². The van der Waals surface area contributed by atoms with E-state index in [-0.39, 0.29) is 24.7 Å². The highest BCUT2D eigenvalue weighted by molar-refractivity contribution is 5.74. The molecule has 2 heterocycles. The summed E-state index contributed by atoms with van der Waals surface area (Å²) in [4.78, 5) is 16.2. The SMILES string of the molecule is C#CCN(C[C@@H]1CCCO1)C(=O)NC[C@H](c1cnn(C)c1)N(C)C. The molecule has 1 N–H and O–H groups in total. The number of urea groups is 1. The van der Waals surface area contributed by atoms with Gasteiger partial charge in [0, 0.05) is 38.5 Å². The van der Waals surface area contributed by atoms with Crippen molar-refractivity contribution in [2.24, 2.45) is 7.05 Å². The van der Waals surface area contributed by atoms with Crippen LogP contribution in [0.15, 0.2) is 12.4 Å². The molecule has 1 aliphatic rings. The Kier molecular flexibility index (Phi) is 6.64. The van der Waals surface area contributed by atoms with E-state index in [0.717, 1.165) is 25.0 Å². The molecule has 1 aromatic heterocycles. The van der Waals surface area contributed by atoms with Crippen molar-refractivity contribution in [2.75, 3.05) is 40.3 Å². The van der Waals surface area contributed by atoms with Gasteiger partial charge in [-0.2, -0.15) is 5.10 Å². The van der Waals surface area contributed by atoms with Crippen molar-refractivity contribution in [1.82, 2.24) is 24.9 Å². The molecule has 0 saturated carbocycles. The number of nitrogens with one attached hydrogen (secondary N) is 1. The average molecular weight is 333 g/mol. The lowest BCUT2D eigenvalue weighted by molar-refractivity contribution is 0.0843. The molecule has 0 bridgehead atoms. The van der Waals surface area contributed by atoms with Gasteiger partial charge in [0.1, 0.15) is 0 Å². The minimum absolute atomic E-state index is 0.0538.